The fraction of sp³-hybridized carbons (Fsp3) is 0.946. The van der Waals surface area contributed by atoms with Crippen molar-refractivity contribution in [2.75, 3.05) is 0 Å². The topological polar surface area (TPSA) is 123 Å². The van der Waals surface area contributed by atoms with Crippen LogP contribution in [0.2, 0.25) is 0 Å². The van der Waals surface area contributed by atoms with Gasteiger partial charge in [-0.1, -0.05) is 84.0 Å². The maximum absolute atomic E-state index is 11.9. The molecule has 3 aliphatic heterocycles. The molecule has 3 rings (SSSR count). The predicted octanol–water partition coefficient (Wildman–Crippen LogP) is 7.12. The molecule has 0 radical (unpaired) electrons. The number of ketones is 1. The third-order valence-corrected chi connectivity index (χ3v) is 10.4. The van der Waals surface area contributed by atoms with Crippen LogP contribution in [0.15, 0.2) is 0 Å². The van der Waals surface area contributed by atoms with Crippen molar-refractivity contribution in [2.24, 2.45) is 5.92 Å². The van der Waals surface area contributed by atoms with Crippen LogP contribution in [0, 0.1) is 5.92 Å². The van der Waals surface area contributed by atoms with Crippen molar-refractivity contribution in [3.8, 4) is 0 Å². The van der Waals surface area contributed by atoms with Gasteiger partial charge in [-0.2, -0.15) is 0 Å². The van der Waals surface area contributed by atoms with Crippen LogP contribution in [-0.2, 0) is 23.8 Å². The van der Waals surface area contributed by atoms with E-state index >= 15 is 0 Å². The van der Waals surface area contributed by atoms with Crippen molar-refractivity contribution >= 4 is 11.8 Å². The van der Waals surface area contributed by atoms with E-state index in [1.165, 1.54) is 45.4 Å². The zero-order valence-electron chi connectivity index (χ0n) is 28.5. The van der Waals surface area contributed by atoms with Gasteiger partial charge < -0.3 is 34.3 Å². The average molecular weight is 639 g/mol. The molecule has 0 spiro atoms. The number of carbonyl (C=O) groups excluding carboxylic acids is 2. The summed E-state index contributed by atoms with van der Waals surface area (Å²) in [5.41, 5.74) is 0. The minimum atomic E-state index is -0.625. The smallest absolute Gasteiger partial charge is 0.309 e. The van der Waals surface area contributed by atoms with E-state index in [1.54, 1.807) is 0 Å². The first kappa shape index (κ1) is 38.4. The Morgan fingerprint density at radius 2 is 1.16 bits per heavy atom. The first-order valence-corrected chi connectivity index (χ1v) is 18.8. The molecule has 8 nitrogen and oxygen atoms in total. The maximum atomic E-state index is 11.9. The molecule has 0 bridgehead atoms. The van der Waals surface area contributed by atoms with Gasteiger partial charge in [0.1, 0.15) is 11.9 Å². The molecule has 8 heteroatoms. The standard InChI is InChI=1S/C37H66O8/c1-3-4-5-6-7-8-12-15-18-31(39)35-23-24-36(45-35)33(41)21-20-32(40)34-22-19-29(43-34)16-13-10-9-11-14-17-30-26-28(25-27(2)38)37(42)44-30/h28-36,39-41H,3-26H2,1-2H3/t28-,29-,30-,31-,32+,33-,34+,35-,36-/m1/s1. The number of esters is 1. The van der Waals surface area contributed by atoms with Gasteiger partial charge in [-0.15, -0.1) is 0 Å². The molecule has 0 aromatic carbocycles. The van der Waals surface area contributed by atoms with Crippen LogP contribution in [0.25, 0.3) is 0 Å². The normalized spacial score (nSPS) is 28.8. The van der Waals surface area contributed by atoms with E-state index in [4.69, 9.17) is 14.2 Å². The van der Waals surface area contributed by atoms with E-state index in [0.717, 1.165) is 89.9 Å². The van der Waals surface area contributed by atoms with Crippen molar-refractivity contribution in [2.45, 2.75) is 217 Å². The largest absolute Gasteiger partial charge is 0.462 e. The molecule has 0 aromatic heterocycles. The van der Waals surface area contributed by atoms with Gasteiger partial charge in [0.05, 0.1) is 48.6 Å². The minimum Gasteiger partial charge on any atom is -0.462 e. The maximum Gasteiger partial charge on any atom is 0.309 e. The molecular weight excluding hydrogens is 572 g/mol. The third kappa shape index (κ3) is 14.7. The predicted molar refractivity (Wildman–Crippen MR) is 176 cm³/mol. The Bertz CT molecular complexity index is 820. The number of hydrogen-bond donors (Lipinski definition) is 3. The first-order valence-electron chi connectivity index (χ1n) is 18.8. The molecule has 3 N–H and O–H groups in total. The molecule has 262 valence electrons. The number of cyclic esters (lactones) is 1. The summed E-state index contributed by atoms with van der Waals surface area (Å²) < 4.78 is 17.7. The second-order valence-corrected chi connectivity index (χ2v) is 14.4. The Morgan fingerprint density at radius 3 is 1.76 bits per heavy atom. The monoisotopic (exact) mass is 638 g/mol. The molecule has 9 atom stereocenters. The van der Waals surface area contributed by atoms with Gasteiger partial charge in [0.15, 0.2) is 0 Å². The highest BCUT2D eigenvalue weighted by molar-refractivity contribution is 5.83. The Hall–Kier alpha value is -1.06. The zero-order chi connectivity index (χ0) is 32.4. The summed E-state index contributed by atoms with van der Waals surface area (Å²) in [6.45, 7) is 3.77. The molecule has 0 aromatic rings. The van der Waals surface area contributed by atoms with Gasteiger partial charge >= 0.3 is 5.97 Å². The highest BCUT2D eigenvalue weighted by atomic mass is 16.6. The highest BCUT2D eigenvalue weighted by Crippen LogP contribution is 2.31. The highest BCUT2D eigenvalue weighted by Gasteiger charge is 2.36. The summed E-state index contributed by atoms with van der Waals surface area (Å²) in [5, 5.41) is 32.1. The lowest BCUT2D eigenvalue weighted by molar-refractivity contribution is -0.145. The lowest BCUT2D eigenvalue weighted by Gasteiger charge is -2.24. The van der Waals surface area contributed by atoms with Crippen LogP contribution in [0.4, 0.5) is 0 Å². The fourth-order valence-electron chi connectivity index (χ4n) is 7.56. The van der Waals surface area contributed by atoms with Crippen molar-refractivity contribution < 1.29 is 39.1 Å². The van der Waals surface area contributed by atoms with Gasteiger partial charge in [-0.05, 0) is 77.6 Å². The van der Waals surface area contributed by atoms with Crippen molar-refractivity contribution in [1.82, 2.24) is 0 Å². The van der Waals surface area contributed by atoms with E-state index in [2.05, 4.69) is 6.92 Å². The van der Waals surface area contributed by atoms with E-state index in [1.807, 2.05) is 0 Å². The molecule has 45 heavy (non-hydrogen) atoms. The molecule has 3 saturated heterocycles. The summed E-state index contributed by atoms with van der Waals surface area (Å²) in [5.74, 6) is -0.398. The summed E-state index contributed by atoms with van der Waals surface area (Å²) in [4.78, 5) is 23.2. The summed E-state index contributed by atoms with van der Waals surface area (Å²) in [6, 6.07) is 0. The first-order chi connectivity index (χ1) is 21.8. The molecule has 0 saturated carbocycles. The number of carbonyl (C=O) groups is 2. The Balaban J connectivity index is 1.16. The summed E-state index contributed by atoms with van der Waals surface area (Å²) in [7, 11) is 0. The van der Waals surface area contributed by atoms with Crippen LogP contribution in [0.1, 0.15) is 168 Å². The van der Waals surface area contributed by atoms with E-state index in [0.29, 0.717) is 25.7 Å². The molecule has 0 unspecified atom stereocenters. The number of ether oxygens (including phenoxy) is 3. The fourth-order valence-corrected chi connectivity index (χ4v) is 7.56. The number of unbranched alkanes of at least 4 members (excludes halogenated alkanes) is 11. The number of hydrogen-bond acceptors (Lipinski definition) is 8. The van der Waals surface area contributed by atoms with E-state index in [9.17, 15) is 24.9 Å². The molecule has 3 aliphatic rings. The second-order valence-electron chi connectivity index (χ2n) is 14.4. The summed E-state index contributed by atoms with van der Waals surface area (Å²) in [6.07, 6.45) is 21.5. The number of Topliss-reactive ketones (excluding diaryl/α,β-unsaturated/α-hetero) is 1. The van der Waals surface area contributed by atoms with Gasteiger partial charge in [-0.3, -0.25) is 4.79 Å². The average Bonchev–Trinajstić information content (AvgIpc) is 3.77. The molecule has 3 heterocycles. The van der Waals surface area contributed by atoms with Gasteiger partial charge in [0.2, 0.25) is 0 Å². The molecule has 0 aliphatic carbocycles. The zero-order valence-corrected chi connectivity index (χ0v) is 28.5. The number of aliphatic hydroxyl groups is 3. The lowest BCUT2D eigenvalue weighted by Crippen LogP contribution is -2.33. The van der Waals surface area contributed by atoms with Crippen LogP contribution < -0.4 is 0 Å². The van der Waals surface area contributed by atoms with Crippen molar-refractivity contribution in [3.05, 3.63) is 0 Å². The number of aliphatic hydroxyl groups excluding tert-OH is 3. The Labute approximate surface area is 273 Å². The SMILES string of the molecule is CCCCCCCCCC[C@@H](O)[C@H]1CC[C@H]([C@H](O)CC[C@H](O)[C@@H]2CC[C@@H](CCCCCCC[C@@H]3C[C@@H](CC(C)=O)C(=O)O3)O2)O1. The lowest BCUT2D eigenvalue weighted by atomic mass is 9.96. The van der Waals surface area contributed by atoms with Gasteiger partial charge in [0, 0.05) is 6.42 Å². The molecule has 0 amide bonds. The van der Waals surface area contributed by atoms with E-state index < -0.39 is 18.3 Å². The molecular formula is C37H66O8. The van der Waals surface area contributed by atoms with Gasteiger partial charge in [-0.25, -0.2) is 0 Å². The van der Waals surface area contributed by atoms with Gasteiger partial charge in [0.25, 0.3) is 0 Å². The van der Waals surface area contributed by atoms with Crippen molar-refractivity contribution in [3.63, 3.8) is 0 Å². The third-order valence-electron chi connectivity index (χ3n) is 10.4. The summed E-state index contributed by atoms with van der Waals surface area (Å²) >= 11 is 0. The second kappa shape index (κ2) is 21.7. The number of rotatable bonds is 25. The van der Waals surface area contributed by atoms with Crippen molar-refractivity contribution in [1.29, 1.82) is 0 Å². The van der Waals surface area contributed by atoms with Crippen LogP contribution in [-0.4, -0.2) is 75.9 Å². The van der Waals surface area contributed by atoms with Crippen LogP contribution >= 0.6 is 0 Å². The van der Waals surface area contributed by atoms with Crippen LogP contribution in [0.5, 0.6) is 0 Å². The quantitative estimate of drug-likeness (QED) is 0.0714. The van der Waals surface area contributed by atoms with E-state index in [-0.39, 0.29) is 48.2 Å². The molecule has 3 fully saturated rings. The minimum absolute atomic E-state index is 0.0249. The van der Waals surface area contributed by atoms with Crippen LogP contribution in [0.3, 0.4) is 0 Å². The Kier molecular flexibility index (Phi) is 18.5. The Morgan fingerprint density at radius 1 is 0.667 bits per heavy atom.